The normalized spacial score (nSPS) is 19.3. The number of H-pyrrole nitrogens is 1. The second kappa shape index (κ2) is 6.64. The van der Waals surface area contributed by atoms with E-state index in [4.69, 9.17) is 21.1 Å². The predicted octanol–water partition coefficient (Wildman–Crippen LogP) is 2.35. The number of hydrogen-bond donors (Lipinski definition) is 1. The molecule has 0 unspecified atom stereocenters. The summed E-state index contributed by atoms with van der Waals surface area (Å²) in [6.07, 6.45) is -0.108. The van der Waals surface area contributed by atoms with Gasteiger partial charge in [0.1, 0.15) is 17.7 Å². The van der Waals surface area contributed by atoms with E-state index < -0.39 is 0 Å². The van der Waals surface area contributed by atoms with Crippen molar-refractivity contribution in [3.05, 3.63) is 40.4 Å². The third-order valence-corrected chi connectivity index (χ3v) is 3.92. The van der Waals surface area contributed by atoms with Gasteiger partial charge >= 0.3 is 0 Å². The maximum Gasteiger partial charge on any atom is 0.180 e. The summed E-state index contributed by atoms with van der Waals surface area (Å²) in [6.45, 7) is 4.89. The second-order valence-corrected chi connectivity index (χ2v) is 5.77. The molecule has 1 N–H and O–H groups in total. The first-order valence-electron chi connectivity index (χ1n) is 7.21. The van der Waals surface area contributed by atoms with Gasteiger partial charge in [-0.1, -0.05) is 11.6 Å². The number of benzene rings is 1. The Hall–Kier alpha value is -1.63. The minimum absolute atomic E-state index is 0.108. The van der Waals surface area contributed by atoms with Crippen molar-refractivity contribution in [2.75, 3.05) is 26.8 Å². The van der Waals surface area contributed by atoms with Crippen LogP contribution in [0.5, 0.6) is 5.75 Å². The summed E-state index contributed by atoms with van der Waals surface area (Å²) in [7, 11) is 1.67. The Labute approximate surface area is 134 Å². The Morgan fingerprint density at radius 2 is 2.36 bits per heavy atom. The lowest BCUT2D eigenvalue weighted by molar-refractivity contribution is -0.0372. The number of nitrogens with one attached hydrogen (secondary N) is 1. The fraction of sp³-hybridized carbons (Fsp3) is 0.467. The minimum atomic E-state index is -0.108. The van der Waals surface area contributed by atoms with Gasteiger partial charge in [-0.15, -0.1) is 0 Å². The number of halogens is 1. The van der Waals surface area contributed by atoms with Gasteiger partial charge in [-0.25, -0.2) is 4.98 Å². The molecule has 1 fully saturated rings. The lowest BCUT2D eigenvalue weighted by Crippen LogP contribution is -2.38. The Morgan fingerprint density at radius 1 is 1.50 bits per heavy atom. The SMILES string of the molecule is COc1ccc(Cl)cc1CN1CCO[C@@H](c2n[nH]c(C)n2)C1. The van der Waals surface area contributed by atoms with Crippen LogP contribution in [0.3, 0.4) is 0 Å². The van der Waals surface area contributed by atoms with Crippen LogP contribution < -0.4 is 4.74 Å². The molecule has 1 aromatic heterocycles. The molecule has 1 atom stereocenters. The van der Waals surface area contributed by atoms with Gasteiger partial charge in [0.2, 0.25) is 0 Å². The quantitative estimate of drug-likeness (QED) is 0.936. The van der Waals surface area contributed by atoms with E-state index >= 15 is 0 Å². The smallest absolute Gasteiger partial charge is 0.180 e. The van der Waals surface area contributed by atoms with Crippen LogP contribution >= 0.6 is 11.6 Å². The van der Waals surface area contributed by atoms with Crippen molar-refractivity contribution < 1.29 is 9.47 Å². The summed E-state index contributed by atoms with van der Waals surface area (Å²) >= 11 is 6.10. The highest BCUT2D eigenvalue weighted by molar-refractivity contribution is 6.30. The highest BCUT2D eigenvalue weighted by Crippen LogP contribution is 2.26. The van der Waals surface area contributed by atoms with E-state index in [2.05, 4.69) is 20.1 Å². The molecule has 2 aromatic rings. The van der Waals surface area contributed by atoms with Crippen molar-refractivity contribution in [2.45, 2.75) is 19.6 Å². The molecule has 0 radical (unpaired) electrons. The van der Waals surface area contributed by atoms with Crippen LogP contribution in [0.2, 0.25) is 5.02 Å². The van der Waals surface area contributed by atoms with E-state index in [1.807, 2.05) is 25.1 Å². The third-order valence-electron chi connectivity index (χ3n) is 3.69. The van der Waals surface area contributed by atoms with Crippen LogP contribution in [0.15, 0.2) is 18.2 Å². The topological polar surface area (TPSA) is 63.3 Å². The molecule has 0 bridgehead atoms. The van der Waals surface area contributed by atoms with Crippen molar-refractivity contribution in [3.8, 4) is 5.75 Å². The van der Waals surface area contributed by atoms with E-state index in [0.29, 0.717) is 17.5 Å². The largest absolute Gasteiger partial charge is 0.496 e. The average Bonchev–Trinajstić information content (AvgIpc) is 2.94. The molecule has 118 valence electrons. The Bertz CT molecular complexity index is 646. The molecule has 0 amide bonds. The van der Waals surface area contributed by atoms with Crippen LogP contribution in [0.4, 0.5) is 0 Å². The van der Waals surface area contributed by atoms with Crippen molar-refractivity contribution in [1.82, 2.24) is 20.1 Å². The van der Waals surface area contributed by atoms with E-state index in [0.717, 1.165) is 36.8 Å². The monoisotopic (exact) mass is 322 g/mol. The molecule has 6 nitrogen and oxygen atoms in total. The minimum Gasteiger partial charge on any atom is -0.496 e. The highest BCUT2D eigenvalue weighted by atomic mass is 35.5. The zero-order valence-corrected chi connectivity index (χ0v) is 13.4. The number of hydrogen-bond acceptors (Lipinski definition) is 5. The molecule has 1 aromatic carbocycles. The summed E-state index contributed by atoms with van der Waals surface area (Å²) in [5, 5.41) is 7.77. The molecule has 0 aliphatic carbocycles. The first-order valence-corrected chi connectivity index (χ1v) is 7.59. The van der Waals surface area contributed by atoms with Crippen LogP contribution in [0.1, 0.15) is 23.3 Å². The van der Waals surface area contributed by atoms with Crippen LogP contribution in [0, 0.1) is 6.92 Å². The van der Waals surface area contributed by atoms with Gasteiger partial charge in [0, 0.05) is 30.2 Å². The summed E-state index contributed by atoms with van der Waals surface area (Å²) in [6, 6.07) is 5.68. The molecule has 0 spiro atoms. The van der Waals surface area contributed by atoms with Crippen LogP contribution in [0.25, 0.3) is 0 Å². The van der Waals surface area contributed by atoms with Gasteiger partial charge in [0.25, 0.3) is 0 Å². The first kappa shape index (κ1) is 15.3. The summed E-state index contributed by atoms with van der Waals surface area (Å²) in [5.74, 6) is 2.36. The summed E-state index contributed by atoms with van der Waals surface area (Å²) in [5.41, 5.74) is 1.07. The van der Waals surface area contributed by atoms with Gasteiger partial charge in [0.15, 0.2) is 5.82 Å². The fourth-order valence-corrected chi connectivity index (χ4v) is 2.81. The standard InChI is InChI=1S/C15H19ClN4O2/c1-10-17-15(19-18-10)14-9-20(5-6-22-14)8-11-7-12(16)3-4-13(11)21-2/h3-4,7,14H,5-6,8-9H2,1-2H3,(H,17,18,19)/t14-/m1/s1. The lowest BCUT2D eigenvalue weighted by Gasteiger charge is -2.31. The molecule has 3 rings (SSSR count). The van der Waals surface area contributed by atoms with E-state index in [1.165, 1.54) is 0 Å². The van der Waals surface area contributed by atoms with E-state index in [-0.39, 0.29) is 6.10 Å². The van der Waals surface area contributed by atoms with E-state index in [1.54, 1.807) is 7.11 Å². The first-order chi connectivity index (χ1) is 10.7. The number of aryl methyl sites for hydroxylation is 1. The number of aromatic amines is 1. The average molecular weight is 323 g/mol. The third kappa shape index (κ3) is 3.40. The zero-order valence-electron chi connectivity index (χ0n) is 12.7. The van der Waals surface area contributed by atoms with Gasteiger partial charge in [0.05, 0.1) is 13.7 Å². The highest BCUT2D eigenvalue weighted by Gasteiger charge is 2.25. The number of rotatable bonds is 4. The molecule has 1 aliphatic heterocycles. The molecular formula is C15H19ClN4O2. The van der Waals surface area contributed by atoms with Gasteiger partial charge < -0.3 is 9.47 Å². The van der Waals surface area contributed by atoms with Gasteiger partial charge in [-0.2, -0.15) is 5.10 Å². The number of morpholine rings is 1. The van der Waals surface area contributed by atoms with Crippen LogP contribution in [-0.2, 0) is 11.3 Å². The Morgan fingerprint density at radius 3 is 3.09 bits per heavy atom. The number of aromatic nitrogens is 3. The number of nitrogens with zero attached hydrogens (tertiary/aromatic N) is 3. The fourth-order valence-electron chi connectivity index (χ4n) is 2.62. The zero-order chi connectivity index (χ0) is 15.5. The van der Waals surface area contributed by atoms with Crippen molar-refractivity contribution >= 4 is 11.6 Å². The number of methoxy groups -OCH3 is 1. The molecule has 22 heavy (non-hydrogen) atoms. The Kier molecular flexibility index (Phi) is 4.61. The molecule has 0 saturated carbocycles. The van der Waals surface area contributed by atoms with Crippen molar-refractivity contribution in [2.24, 2.45) is 0 Å². The van der Waals surface area contributed by atoms with Crippen molar-refractivity contribution in [3.63, 3.8) is 0 Å². The van der Waals surface area contributed by atoms with Gasteiger partial charge in [-0.3, -0.25) is 10.00 Å². The molecule has 2 heterocycles. The summed E-state index contributed by atoms with van der Waals surface area (Å²) < 4.78 is 11.2. The van der Waals surface area contributed by atoms with Gasteiger partial charge in [-0.05, 0) is 25.1 Å². The maximum absolute atomic E-state index is 6.10. The van der Waals surface area contributed by atoms with E-state index in [9.17, 15) is 0 Å². The lowest BCUT2D eigenvalue weighted by atomic mass is 10.1. The predicted molar refractivity (Wildman–Crippen MR) is 83.1 cm³/mol. The maximum atomic E-state index is 6.10. The summed E-state index contributed by atoms with van der Waals surface area (Å²) in [4.78, 5) is 6.66. The molecule has 1 aliphatic rings. The Balaban J connectivity index is 1.71. The molecule has 1 saturated heterocycles. The molecule has 7 heteroatoms. The van der Waals surface area contributed by atoms with Crippen molar-refractivity contribution in [1.29, 1.82) is 0 Å². The number of ether oxygens (including phenoxy) is 2. The second-order valence-electron chi connectivity index (χ2n) is 5.33. The van der Waals surface area contributed by atoms with Crippen LogP contribution in [-0.4, -0.2) is 46.9 Å². The molecular weight excluding hydrogens is 304 g/mol.